The highest BCUT2D eigenvalue weighted by atomic mass is 16.1. The summed E-state index contributed by atoms with van der Waals surface area (Å²) in [4.78, 5) is 11.7. The molecule has 0 aliphatic heterocycles. The molecule has 0 amide bonds. The second-order valence-corrected chi connectivity index (χ2v) is 3.20. The van der Waals surface area contributed by atoms with Gasteiger partial charge in [0.05, 0.1) is 5.69 Å². The molecule has 0 bridgehead atoms. The van der Waals surface area contributed by atoms with Gasteiger partial charge in [-0.25, -0.2) is 0 Å². The summed E-state index contributed by atoms with van der Waals surface area (Å²) in [6, 6.07) is 1.92. The Bertz CT molecular complexity index is 521. The maximum Gasteiger partial charge on any atom is 0.276 e. The van der Waals surface area contributed by atoms with Gasteiger partial charge < -0.3 is 4.57 Å². The number of hydrogen-bond donors (Lipinski definition) is 0. The minimum atomic E-state index is 0.000556. The van der Waals surface area contributed by atoms with Gasteiger partial charge >= 0.3 is 0 Å². The molecule has 0 atom stereocenters. The standard InChI is InChI=1S/C9H11N3O/c1-6-7-4-5-11(2)9(13)8(7)12(3)10-6/h4-5H,1-3H3. The number of nitrogens with zero attached hydrogens (tertiary/aromatic N) is 3. The molecule has 0 N–H and O–H groups in total. The molecule has 4 heteroatoms. The van der Waals surface area contributed by atoms with Crippen LogP contribution < -0.4 is 5.56 Å². The van der Waals surface area contributed by atoms with Crippen molar-refractivity contribution in [1.29, 1.82) is 0 Å². The van der Waals surface area contributed by atoms with E-state index in [1.54, 1.807) is 29.5 Å². The van der Waals surface area contributed by atoms with Crippen molar-refractivity contribution in [2.75, 3.05) is 0 Å². The Morgan fingerprint density at radius 3 is 2.77 bits per heavy atom. The van der Waals surface area contributed by atoms with E-state index in [2.05, 4.69) is 5.10 Å². The number of aryl methyl sites for hydroxylation is 3. The lowest BCUT2D eigenvalue weighted by molar-refractivity contribution is 0.768. The zero-order chi connectivity index (χ0) is 9.59. The Kier molecular flexibility index (Phi) is 1.52. The molecule has 0 fully saturated rings. The number of fused-ring (bicyclic) bond motifs is 1. The Hall–Kier alpha value is -1.58. The fourth-order valence-corrected chi connectivity index (χ4v) is 1.55. The van der Waals surface area contributed by atoms with Crippen molar-refractivity contribution >= 4 is 10.9 Å². The van der Waals surface area contributed by atoms with Gasteiger partial charge in [0, 0.05) is 25.7 Å². The van der Waals surface area contributed by atoms with Crippen LogP contribution in [0.2, 0.25) is 0 Å². The van der Waals surface area contributed by atoms with Gasteiger partial charge in [-0.1, -0.05) is 0 Å². The van der Waals surface area contributed by atoms with Gasteiger partial charge in [0.2, 0.25) is 0 Å². The lowest BCUT2D eigenvalue weighted by Gasteiger charge is -1.97. The van der Waals surface area contributed by atoms with Gasteiger partial charge in [0.15, 0.2) is 0 Å². The molecule has 2 aromatic rings. The molecule has 2 heterocycles. The van der Waals surface area contributed by atoms with Crippen LogP contribution in [-0.2, 0) is 14.1 Å². The average Bonchev–Trinajstić information content (AvgIpc) is 2.35. The zero-order valence-corrected chi connectivity index (χ0v) is 7.90. The predicted octanol–water partition coefficient (Wildman–Crippen LogP) is 0.580. The van der Waals surface area contributed by atoms with Crippen LogP contribution in [0.5, 0.6) is 0 Å². The molecule has 0 radical (unpaired) electrons. The van der Waals surface area contributed by atoms with E-state index in [-0.39, 0.29) is 5.56 Å². The molecule has 2 rings (SSSR count). The smallest absolute Gasteiger partial charge is 0.276 e. The number of aromatic nitrogens is 3. The molecule has 2 aromatic heterocycles. The van der Waals surface area contributed by atoms with Crippen LogP contribution in [0.4, 0.5) is 0 Å². The number of pyridine rings is 1. The predicted molar refractivity (Wildman–Crippen MR) is 50.7 cm³/mol. The van der Waals surface area contributed by atoms with E-state index >= 15 is 0 Å². The van der Waals surface area contributed by atoms with E-state index in [1.807, 2.05) is 13.0 Å². The van der Waals surface area contributed by atoms with Crippen molar-refractivity contribution in [3.05, 3.63) is 28.3 Å². The molecular formula is C9H11N3O. The summed E-state index contributed by atoms with van der Waals surface area (Å²) in [5, 5.41) is 5.13. The monoisotopic (exact) mass is 177 g/mol. The van der Waals surface area contributed by atoms with E-state index in [9.17, 15) is 4.79 Å². The van der Waals surface area contributed by atoms with E-state index in [0.717, 1.165) is 11.1 Å². The van der Waals surface area contributed by atoms with Gasteiger partial charge in [-0.2, -0.15) is 5.10 Å². The summed E-state index contributed by atoms with van der Waals surface area (Å²) in [5.41, 5.74) is 1.57. The maximum absolute atomic E-state index is 11.7. The van der Waals surface area contributed by atoms with E-state index in [0.29, 0.717) is 5.52 Å². The fourth-order valence-electron chi connectivity index (χ4n) is 1.55. The number of hydrogen-bond acceptors (Lipinski definition) is 2. The molecule has 68 valence electrons. The summed E-state index contributed by atoms with van der Waals surface area (Å²) >= 11 is 0. The van der Waals surface area contributed by atoms with E-state index in [1.165, 1.54) is 0 Å². The van der Waals surface area contributed by atoms with E-state index < -0.39 is 0 Å². The van der Waals surface area contributed by atoms with Crippen molar-refractivity contribution in [3.63, 3.8) is 0 Å². The normalized spacial score (nSPS) is 11.0. The third kappa shape index (κ3) is 0.983. The molecule has 4 nitrogen and oxygen atoms in total. The van der Waals surface area contributed by atoms with Crippen molar-refractivity contribution in [3.8, 4) is 0 Å². The first-order chi connectivity index (χ1) is 6.11. The van der Waals surface area contributed by atoms with Gasteiger partial charge in [-0.3, -0.25) is 9.48 Å². The van der Waals surface area contributed by atoms with Crippen LogP contribution in [0.3, 0.4) is 0 Å². The fraction of sp³-hybridized carbons (Fsp3) is 0.333. The highest BCUT2D eigenvalue weighted by molar-refractivity contribution is 5.80. The molecular weight excluding hydrogens is 166 g/mol. The average molecular weight is 177 g/mol. The third-order valence-corrected chi connectivity index (χ3v) is 2.26. The SMILES string of the molecule is Cc1nn(C)c2c(=O)n(C)ccc12. The largest absolute Gasteiger partial charge is 0.317 e. The number of rotatable bonds is 0. The first-order valence-corrected chi connectivity index (χ1v) is 4.10. The maximum atomic E-state index is 11.7. The summed E-state index contributed by atoms with van der Waals surface area (Å²) in [7, 11) is 3.53. The Morgan fingerprint density at radius 2 is 2.08 bits per heavy atom. The minimum Gasteiger partial charge on any atom is -0.317 e. The van der Waals surface area contributed by atoms with Crippen molar-refractivity contribution in [1.82, 2.24) is 14.3 Å². The summed E-state index contributed by atoms with van der Waals surface area (Å²) in [5.74, 6) is 0. The van der Waals surface area contributed by atoms with Gasteiger partial charge in [-0.05, 0) is 13.0 Å². The Labute approximate surface area is 75.4 Å². The lowest BCUT2D eigenvalue weighted by atomic mass is 10.2. The molecule has 0 aromatic carbocycles. The summed E-state index contributed by atoms with van der Waals surface area (Å²) in [6.45, 7) is 1.90. The van der Waals surface area contributed by atoms with E-state index in [4.69, 9.17) is 0 Å². The molecule has 13 heavy (non-hydrogen) atoms. The second-order valence-electron chi connectivity index (χ2n) is 3.20. The van der Waals surface area contributed by atoms with Crippen molar-refractivity contribution < 1.29 is 0 Å². The topological polar surface area (TPSA) is 39.8 Å². The van der Waals surface area contributed by atoms with Crippen LogP contribution in [0.25, 0.3) is 10.9 Å². The van der Waals surface area contributed by atoms with Crippen LogP contribution in [0.1, 0.15) is 5.69 Å². The third-order valence-electron chi connectivity index (χ3n) is 2.26. The van der Waals surface area contributed by atoms with Crippen molar-refractivity contribution in [2.45, 2.75) is 6.92 Å². The molecule has 0 spiro atoms. The van der Waals surface area contributed by atoms with Crippen LogP contribution in [0, 0.1) is 6.92 Å². The van der Waals surface area contributed by atoms with Gasteiger partial charge in [0.1, 0.15) is 5.52 Å². The minimum absolute atomic E-state index is 0.000556. The van der Waals surface area contributed by atoms with Gasteiger partial charge in [-0.15, -0.1) is 0 Å². The Balaban J connectivity index is 3.08. The molecule has 0 aliphatic rings. The van der Waals surface area contributed by atoms with Crippen molar-refractivity contribution in [2.24, 2.45) is 14.1 Å². The quantitative estimate of drug-likeness (QED) is 0.590. The first kappa shape index (κ1) is 8.04. The highest BCUT2D eigenvalue weighted by Gasteiger charge is 2.08. The van der Waals surface area contributed by atoms with Crippen LogP contribution in [0.15, 0.2) is 17.1 Å². The van der Waals surface area contributed by atoms with Crippen LogP contribution in [-0.4, -0.2) is 14.3 Å². The molecule has 0 saturated heterocycles. The summed E-state index contributed by atoms with van der Waals surface area (Å²) in [6.07, 6.45) is 1.76. The van der Waals surface area contributed by atoms with Gasteiger partial charge in [0.25, 0.3) is 5.56 Å². The first-order valence-electron chi connectivity index (χ1n) is 4.10. The lowest BCUT2D eigenvalue weighted by Crippen LogP contribution is -2.17. The summed E-state index contributed by atoms with van der Waals surface area (Å²) < 4.78 is 3.19. The molecule has 0 aliphatic carbocycles. The molecule has 0 unspecified atom stereocenters. The highest BCUT2D eigenvalue weighted by Crippen LogP contribution is 2.11. The molecule has 0 saturated carbocycles. The zero-order valence-electron chi connectivity index (χ0n) is 7.90. The second kappa shape index (κ2) is 2.45. The Morgan fingerprint density at radius 1 is 1.38 bits per heavy atom. The van der Waals surface area contributed by atoms with Crippen LogP contribution >= 0.6 is 0 Å².